The number of carbonyl (C=O) groups excluding carboxylic acids is 1. The molecule has 0 unspecified atom stereocenters. The van der Waals surface area contributed by atoms with Crippen LogP contribution in [-0.2, 0) is 4.79 Å². The molecule has 0 spiro atoms. The second-order valence-electron chi connectivity index (χ2n) is 7.65. The summed E-state index contributed by atoms with van der Waals surface area (Å²) in [7, 11) is 1.61. The van der Waals surface area contributed by atoms with Crippen LogP contribution in [0.1, 0.15) is 12.8 Å². The van der Waals surface area contributed by atoms with Crippen molar-refractivity contribution in [1.29, 1.82) is 0 Å². The molecule has 0 bridgehead atoms. The van der Waals surface area contributed by atoms with Gasteiger partial charge in [0.05, 0.1) is 13.7 Å². The van der Waals surface area contributed by atoms with Crippen LogP contribution in [0.3, 0.4) is 0 Å². The van der Waals surface area contributed by atoms with Crippen LogP contribution in [0.5, 0.6) is 23.1 Å². The Balaban J connectivity index is 1.25. The Bertz CT molecular complexity index is 1040. The van der Waals surface area contributed by atoms with Crippen molar-refractivity contribution in [3.8, 4) is 23.1 Å². The fraction of sp³-hybridized carbons (Fsp3) is 0.320. The summed E-state index contributed by atoms with van der Waals surface area (Å²) in [5, 5.41) is 2.98. The molecule has 2 aromatic carbocycles. The van der Waals surface area contributed by atoms with Gasteiger partial charge in [-0.1, -0.05) is 30.3 Å². The van der Waals surface area contributed by atoms with E-state index in [4.69, 9.17) is 14.2 Å². The van der Waals surface area contributed by atoms with Crippen LogP contribution in [0.2, 0.25) is 0 Å². The van der Waals surface area contributed by atoms with Crippen LogP contribution in [0.15, 0.2) is 67.0 Å². The lowest BCUT2D eigenvalue weighted by Gasteiger charge is -2.32. The number of piperidine rings is 1. The molecule has 0 atom stereocenters. The first-order chi connectivity index (χ1) is 16.2. The number of benzene rings is 2. The van der Waals surface area contributed by atoms with E-state index in [1.165, 1.54) is 0 Å². The summed E-state index contributed by atoms with van der Waals surface area (Å²) in [6.07, 6.45) is 4.75. The Kier molecular flexibility index (Phi) is 7.58. The molecule has 1 aromatic heterocycles. The van der Waals surface area contributed by atoms with Gasteiger partial charge in [0.15, 0.2) is 17.3 Å². The second-order valence-corrected chi connectivity index (χ2v) is 7.65. The third-order valence-corrected chi connectivity index (χ3v) is 5.50. The van der Waals surface area contributed by atoms with Gasteiger partial charge in [0.25, 0.3) is 5.88 Å². The van der Waals surface area contributed by atoms with Gasteiger partial charge in [-0.05, 0) is 37.1 Å². The third-order valence-electron chi connectivity index (χ3n) is 5.50. The van der Waals surface area contributed by atoms with E-state index < -0.39 is 0 Å². The summed E-state index contributed by atoms with van der Waals surface area (Å²) in [5.74, 6) is 3.24. The van der Waals surface area contributed by atoms with Crippen LogP contribution < -0.4 is 24.4 Å². The molecule has 0 saturated carbocycles. The Labute approximate surface area is 193 Å². The Morgan fingerprint density at radius 2 is 1.70 bits per heavy atom. The lowest BCUT2D eigenvalue weighted by Crippen LogP contribution is -2.41. The number of hydrogen-bond acceptors (Lipinski definition) is 7. The van der Waals surface area contributed by atoms with Crippen molar-refractivity contribution >= 4 is 11.7 Å². The van der Waals surface area contributed by atoms with Gasteiger partial charge >= 0.3 is 0 Å². The van der Waals surface area contributed by atoms with E-state index in [1.54, 1.807) is 19.5 Å². The number of methoxy groups -OCH3 is 1. The second kappa shape index (κ2) is 11.2. The fourth-order valence-electron chi connectivity index (χ4n) is 3.78. The molecular weight excluding hydrogens is 420 g/mol. The van der Waals surface area contributed by atoms with Gasteiger partial charge in [0.1, 0.15) is 12.4 Å². The van der Waals surface area contributed by atoms with E-state index in [-0.39, 0.29) is 11.8 Å². The zero-order valence-corrected chi connectivity index (χ0v) is 18.6. The molecule has 1 fully saturated rings. The van der Waals surface area contributed by atoms with Crippen LogP contribution >= 0.6 is 0 Å². The molecule has 33 heavy (non-hydrogen) atoms. The van der Waals surface area contributed by atoms with Gasteiger partial charge in [-0.15, -0.1) is 0 Å². The number of nitrogens with zero attached hydrogens (tertiary/aromatic N) is 3. The Morgan fingerprint density at radius 1 is 1.00 bits per heavy atom. The summed E-state index contributed by atoms with van der Waals surface area (Å²) in [4.78, 5) is 23.6. The molecule has 1 saturated heterocycles. The van der Waals surface area contributed by atoms with Crippen molar-refractivity contribution in [2.45, 2.75) is 12.8 Å². The summed E-state index contributed by atoms with van der Waals surface area (Å²) >= 11 is 0. The molecule has 0 aliphatic carbocycles. The number of hydrogen-bond donors (Lipinski definition) is 1. The summed E-state index contributed by atoms with van der Waals surface area (Å²) in [6, 6.07) is 17.0. The highest BCUT2D eigenvalue weighted by Gasteiger charge is 2.27. The first-order valence-corrected chi connectivity index (χ1v) is 11.1. The summed E-state index contributed by atoms with van der Waals surface area (Å²) in [5.41, 5.74) is 0. The SMILES string of the molecule is COc1ccccc1OCCNC(=O)C1CCN(c2nccnc2Oc2ccccc2)CC1. The average molecular weight is 449 g/mol. The molecule has 8 nitrogen and oxygen atoms in total. The number of anilines is 1. The fourth-order valence-corrected chi connectivity index (χ4v) is 3.78. The van der Waals surface area contributed by atoms with Crippen molar-refractivity contribution in [2.75, 3.05) is 38.3 Å². The number of para-hydroxylation sites is 3. The maximum absolute atomic E-state index is 12.6. The summed E-state index contributed by atoms with van der Waals surface area (Å²) < 4.78 is 16.9. The third kappa shape index (κ3) is 5.91. The van der Waals surface area contributed by atoms with E-state index >= 15 is 0 Å². The highest BCUT2D eigenvalue weighted by molar-refractivity contribution is 5.79. The lowest BCUT2D eigenvalue weighted by atomic mass is 9.96. The highest BCUT2D eigenvalue weighted by Crippen LogP contribution is 2.31. The normalized spacial score (nSPS) is 13.9. The molecule has 1 aliphatic rings. The van der Waals surface area contributed by atoms with Crippen LogP contribution in [-0.4, -0.2) is 49.2 Å². The minimum Gasteiger partial charge on any atom is -0.493 e. The molecule has 2 heterocycles. The molecule has 4 rings (SSSR count). The number of aromatic nitrogens is 2. The van der Waals surface area contributed by atoms with E-state index in [2.05, 4.69) is 20.2 Å². The van der Waals surface area contributed by atoms with E-state index in [0.717, 1.165) is 12.8 Å². The zero-order chi connectivity index (χ0) is 22.9. The average Bonchev–Trinajstić information content (AvgIpc) is 2.88. The van der Waals surface area contributed by atoms with E-state index in [1.807, 2.05) is 54.6 Å². The molecule has 3 aromatic rings. The molecule has 172 valence electrons. The minimum atomic E-state index is -0.0392. The van der Waals surface area contributed by atoms with Crippen molar-refractivity contribution in [3.63, 3.8) is 0 Å². The predicted octanol–water partition coefficient (Wildman–Crippen LogP) is 3.69. The monoisotopic (exact) mass is 448 g/mol. The standard InChI is InChI=1S/C25H28N4O4/c1-31-21-9-5-6-10-22(21)32-18-15-27-24(30)19-11-16-29(17-12-19)23-25(28-14-13-26-23)33-20-7-3-2-4-8-20/h2-10,13-14,19H,11-12,15-18H2,1H3,(H,27,30). The topological polar surface area (TPSA) is 85.8 Å². The van der Waals surface area contributed by atoms with Crippen molar-refractivity contribution in [1.82, 2.24) is 15.3 Å². The molecule has 0 radical (unpaired) electrons. The number of carbonyl (C=O) groups is 1. The maximum atomic E-state index is 12.6. The number of rotatable bonds is 9. The smallest absolute Gasteiger partial charge is 0.263 e. The Hall–Kier alpha value is -3.81. The van der Waals surface area contributed by atoms with Crippen molar-refractivity contribution in [3.05, 3.63) is 67.0 Å². The molecule has 1 N–H and O–H groups in total. The van der Waals surface area contributed by atoms with Crippen LogP contribution in [0.4, 0.5) is 5.82 Å². The van der Waals surface area contributed by atoms with Crippen LogP contribution in [0, 0.1) is 5.92 Å². The maximum Gasteiger partial charge on any atom is 0.263 e. The van der Waals surface area contributed by atoms with Gasteiger partial charge in [-0.25, -0.2) is 9.97 Å². The molecule has 8 heteroatoms. The molecule has 1 amide bonds. The predicted molar refractivity (Wildman–Crippen MR) is 125 cm³/mol. The highest BCUT2D eigenvalue weighted by atomic mass is 16.5. The minimum absolute atomic E-state index is 0.0392. The quantitative estimate of drug-likeness (QED) is 0.500. The lowest BCUT2D eigenvalue weighted by molar-refractivity contribution is -0.125. The molecular formula is C25H28N4O4. The molecule has 1 aliphatic heterocycles. The van der Waals surface area contributed by atoms with E-state index in [9.17, 15) is 4.79 Å². The van der Waals surface area contributed by atoms with Gasteiger partial charge in [-0.2, -0.15) is 0 Å². The summed E-state index contributed by atoms with van der Waals surface area (Å²) in [6.45, 7) is 2.24. The Morgan fingerprint density at radius 3 is 2.45 bits per heavy atom. The first-order valence-electron chi connectivity index (χ1n) is 11.1. The van der Waals surface area contributed by atoms with Gasteiger partial charge in [0.2, 0.25) is 5.91 Å². The van der Waals surface area contributed by atoms with Crippen LogP contribution in [0.25, 0.3) is 0 Å². The van der Waals surface area contributed by atoms with Gasteiger partial charge in [0, 0.05) is 31.4 Å². The van der Waals surface area contributed by atoms with Gasteiger partial charge in [-0.3, -0.25) is 4.79 Å². The van der Waals surface area contributed by atoms with Gasteiger partial charge < -0.3 is 24.4 Å². The van der Waals surface area contributed by atoms with Crippen molar-refractivity contribution in [2.24, 2.45) is 5.92 Å². The zero-order valence-electron chi connectivity index (χ0n) is 18.6. The number of nitrogens with one attached hydrogen (secondary N) is 1. The van der Waals surface area contributed by atoms with Crippen molar-refractivity contribution < 1.29 is 19.0 Å². The largest absolute Gasteiger partial charge is 0.493 e. The number of amides is 1. The number of ether oxygens (including phenoxy) is 3. The van der Waals surface area contributed by atoms with E-state index in [0.29, 0.717) is 55.2 Å². The first kappa shape index (κ1) is 22.4.